The van der Waals surface area contributed by atoms with Gasteiger partial charge in [0.2, 0.25) is 0 Å². The first-order valence-electron chi connectivity index (χ1n) is 10.0. The number of aryl methyl sites for hydroxylation is 1. The molecule has 162 valence electrons. The van der Waals surface area contributed by atoms with Gasteiger partial charge in [0.05, 0.1) is 11.0 Å². The van der Waals surface area contributed by atoms with Gasteiger partial charge in [-0.3, -0.25) is 9.48 Å². The molecule has 0 saturated heterocycles. The van der Waals surface area contributed by atoms with Crippen LogP contribution in [0.5, 0.6) is 5.75 Å². The number of hydrogen-bond acceptors (Lipinski definition) is 3. The van der Waals surface area contributed by atoms with Crippen molar-refractivity contribution in [2.75, 3.05) is 5.32 Å². The summed E-state index contributed by atoms with van der Waals surface area (Å²) >= 11 is 9.54. The van der Waals surface area contributed by atoms with Crippen LogP contribution >= 0.6 is 27.5 Å². The van der Waals surface area contributed by atoms with Gasteiger partial charge in [-0.25, -0.2) is 0 Å². The quantitative estimate of drug-likeness (QED) is 0.309. The molecule has 0 spiro atoms. The van der Waals surface area contributed by atoms with Crippen LogP contribution in [-0.2, 0) is 13.2 Å². The minimum atomic E-state index is -0.222. The van der Waals surface area contributed by atoms with Crippen LogP contribution in [0.15, 0.2) is 83.3 Å². The molecule has 4 aromatic rings. The number of benzene rings is 3. The van der Waals surface area contributed by atoms with E-state index in [0.29, 0.717) is 29.6 Å². The lowest BCUT2D eigenvalue weighted by atomic mass is 10.1. The lowest BCUT2D eigenvalue weighted by Gasteiger charge is -2.09. The van der Waals surface area contributed by atoms with E-state index in [1.807, 2.05) is 84.4 Å². The van der Waals surface area contributed by atoms with Gasteiger partial charge in [0.1, 0.15) is 12.4 Å². The van der Waals surface area contributed by atoms with Crippen molar-refractivity contribution in [3.8, 4) is 5.75 Å². The Balaban J connectivity index is 1.42. The van der Waals surface area contributed by atoms with Crippen LogP contribution in [0.25, 0.3) is 0 Å². The zero-order valence-corrected chi connectivity index (χ0v) is 19.7. The number of para-hydroxylation sites is 1. The number of rotatable bonds is 7. The minimum Gasteiger partial charge on any atom is -0.488 e. The van der Waals surface area contributed by atoms with Gasteiger partial charge >= 0.3 is 0 Å². The molecular formula is C25H21BrClN3O2. The Bertz CT molecular complexity index is 1260. The van der Waals surface area contributed by atoms with Gasteiger partial charge in [-0.05, 0) is 70.4 Å². The molecule has 0 radical (unpaired) electrons. The monoisotopic (exact) mass is 509 g/mol. The molecular weight excluding hydrogens is 490 g/mol. The average Bonchev–Trinajstić information content (AvgIpc) is 3.12. The van der Waals surface area contributed by atoms with Crippen LogP contribution in [0.2, 0.25) is 5.02 Å². The molecule has 5 nitrogen and oxygen atoms in total. The Hall–Kier alpha value is -3.09. The van der Waals surface area contributed by atoms with Gasteiger partial charge in [-0.2, -0.15) is 5.10 Å². The van der Waals surface area contributed by atoms with Gasteiger partial charge < -0.3 is 10.1 Å². The van der Waals surface area contributed by atoms with E-state index in [0.717, 1.165) is 27.0 Å². The lowest BCUT2D eigenvalue weighted by molar-refractivity contribution is 0.102. The van der Waals surface area contributed by atoms with Gasteiger partial charge in [0, 0.05) is 22.3 Å². The Morgan fingerprint density at radius 3 is 2.62 bits per heavy atom. The second kappa shape index (κ2) is 10.0. The number of nitrogens with zero attached hydrogens (tertiary/aromatic N) is 2. The molecule has 0 fully saturated rings. The predicted molar refractivity (Wildman–Crippen MR) is 130 cm³/mol. The third-order valence-corrected chi connectivity index (χ3v) is 5.75. The Labute approximate surface area is 200 Å². The molecule has 1 amide bonds. The molecule has 7 heteroatoms. The van der Waals surface area contributed by atoms with E-state index in [9.17, 15) is 4.79 Å². The number of amides is 1. The minimum absolute atomic E-state index is 0.222. The highest BCUT2D eigenvalue weighted by Crippen LogP contribution is 2.25. The average molecular weight is 511 g/mol. The van der Waals surface area contributed by atoms with Crippen molar-refractivity contribution in [3.63, 3.8) is 0 Å². The molecule has 32 heavy (non-hydrogen) atoms. The van der Waals surface area contributed by atoms with Crippen LogP contribution in [0.4, 0.5) is 5.82 Å². The van der Waals surface area contributed by atoms with Crippen molar-refractivity contribution in [1.29, 1.82) is 0 Å². The van der Waals surface area contributed by atoms with Gasteiger partial charge in [0.25, 0.3) is 5.91 Å². The zero-order valence-electron chi connectivity index (χ0n) is 17.4. The molecule has 1 N–H and O–H groups in total. The van der Waals surface area contributed by atoms with Crippen molar-refractivity contribution in [3.05, 3.63) is 111 Å². The maximum Gasteiger partial charge on any atom is 0.256 e. The summed E-state index contributed by atoms with van der Waals surface area (Å²) in [6.45, 7) is 2.88. The molecule has 0 atom stereocenters. The molecule has 0 aliphatic heterocycles. The number of anilines is 1. The fourth-order valence-corrected chi connectivity index (χ4v) is 3.87. The number of halogens is 2. The van der Waals surface area contributed by atoms with E-state index in [1.54, 1.807) is 6.07 Å². The maximum absolute atomic E-state index is 12.8. The molecule has 0 unspecified atom stereocenters. The van der Waals surface area contributed by atoms with Crippen LogP contribution in [0, 0.1) is 6.92 Å². The first kappa shape index (κ1) is 22.1. The van der Waals surface area contributed by atoms with E-state index in [2.05, 4.69) is 26.3 Å². The highest BCUT2D eigenvalue weighted by atomic mass is 79.9. The third kappa shape index (κ3) is 5.58. The zero-order chi connectivity index (χ0) is 22.5. The van der Waals surface area contributed by atoms with Gasteiger partial charge in [-0.1, -0.05) is 48.0 Å². The molecule has 0 aliphatic carbocycles. The van der Waals surface area contributed by atoms with E-state index in [-0.39, 0.29) is 5.91 Å². The van der Waals surface area contributed by atoms with Crippen LogP contribution < -0.4 is 10.1 Å². The lowest BCUT2D eigenvalue weighted by Crippen LogP contribution is -2.13. The topological polar surface area (TPSA) is 56.1 Å². The number of carbonyl (C=O) groups is 1. The molecule has 4 rings (SSSR count). The fraction of sp³-hybridized carbons (Fsp3) is 0.120. The summed E-state index contributed by atoms with van der Waals surface area (Å²) in [4.78, 5) is 12.8. The summed E-state index contributed by atoms with van der Waals surface area (Å²) in [5.74, 6) is 1.03. The second-order valence-corrected chi connectivity index (χ2v) is 8.62. The van der Waals surface area contributed by atoms with Gasteiger partial charge in [-0.15, -0.1) is 0 Å². The fourth-order valence-electron chi connectivity index (χ4n) is 3.25. The third-order valence-electron chi connectivity index (χ3n) is 4.86. The molecule has 0 aliphatic rings. The van der Waals surface area contributed by atoms with Crippen LogP contribution in [0.1, 0.15) is 27.2 Å². The second-order valence-electron chi connectivity index (χ2n) is 7.33. The van der Waals surface area contributed by atoms with E-state index < -0.39 is 0 Å². The Morgan fingerprint density at radius 2 is 1.81 bits per heavy atom. The number of ether oxygens (including phenoxy) is 1. The standard InChI is InChI=1S/C25H21BrClN3O2/c1-17-12-24(29-30(17)15-18-6-5-9-21(27)14-18)28-25(31)20-8-4-7-19(13-20)16-32-23-11-3-2-10-22(23)26/h2-14H,15-16H2,1H3,(H,28,29,31). The smallest absolute Gasteiger partial charge is 0.256 e. The van der Waals surface area contributed by atoms with Crippen LogP contribution in [-0.4, -0.2) is 15.7 Å². The highest BCUT2D eigenvalue weighted by Gasteiger charge is 2.11. The van der Waals surface area contributed by atoms with Crippen molar-refractivity contribution in [1.82, 2.24) is 9.78 Å². The summed E-state index contributed by atoms with van der Waals surface area (Å²) in [7, 11) is 0. The molecule has 0 saturated carbocycles. The number of carbonyl (C=O) groups excluding carboxylic acids is 1. The first-order valence-corrected chi connectivity index (χ1v) is 11.2. The molecule has 1 heterocycles. The molecule has 1 aromatic heterocycles. The van der Waals surface area contributed by atoms with Crippen LogP contribution in [0.3, 0.4) is 0 Å². The first-order chi connectivity index (χ1) is 15.5. The molecule has 3 aromatic carbocycles. The summed E-state index contributed by atoms with van der Waals surface area (Å²) in [6.07, 6.45) is 0. The highest BCUT2D eigenvalue weighted by molar-refractivity contribution is 9.10. The van der Waals surface area contributed by atoms with Crippen molar-refractivity contribution >= 4 is 39.3 Å². The Morgan fingerprint density at radius 1 is 1.03 bits per heavy atom. The number of nitrogens with one attached hydrogen (secondary N) is 1. The summed E-state index contributed by atoms with van der Waals surface area (Å²) in [5, 5.41) is 8.09. The maximum atomic E-state index is 12.8. The SMILES string of the molecule is Cc1cc(NC(=O)c2cccc(COc3ccccc3Br)c2)nn1Cc1cccc(Cl)c1. The largest absolute Gasteiger partial charge is 0.488 e. The summed E-state index contributed by atoms with van der Waals surface area (Å²) in [6, 6.07) is 24.5. The number of aromatic nitrogens is 2. The predicted octanol–water partition coefficient (Wildman–Crippen LogP) is 6.49. The van der Waals surface area contributed by atoms with Crippen molar-refractivity contribution in [2.24, 2.45) is 0 Å². The van der Waals surface area contributed by atoms with Gasteiger partial charge in [0.15, 0.2) is 5.82 Å². The number of hydrogen-bond donors (Lipinski definition) is 1. The van der Waals surface area contributed by atoms with Crippen molar-refractivity contribution < 1.29 is 9.53 Å². The summed E-state index contributed by atoms with van der Waals surface area (Å²) in [5.41, 5.74) is 3.42. The van der Waals surface area contributed by atoms with Crippen molar-refractivity contribution in [2.45, 2.75) is 20.1 Å². The van der Waals surface area contributed by atoms with E-state index >= 15 is 0 Å². The Kier molecular flexibility index (Phi) is 6.93. The van der Waals surface area contributed by atoms with E-state index in [4.69, 9.17) is 16.3 Å². The molecule has 0 bridgehead atoms. The normalized spacial score (nSPS) is 10.7. The van der Waals surface area contributed by atoms with E-state index in [1.165, 1.54) is 0 Å². The summed E-state index contributed by atoms with van der Waals surface area (Å²) < 4.78 is 8.58.